The van der Waals surface area contributed by atoms with Crippen molar-refractivity contribution in [3.05, 3.63) is 68.7 Å². The second-order valence-electron chi connectivity index (χ2n) is 6.22. The van der Waals surface area contributed by atoms with Crippen LogP contribution in [0.2, 0.25) is 10.0 Å². The molecule has 2 aromatic rings. The molecule has 0 saturated carbocycles. The maximum absolute atomic E-state index is 11.7. The Morgan fingerprint density at radius 1 is 1.20 bits per heavy atom. The number of nitrogens with zero attached hydrogens (tertiary/aromatic N) is 1. The molecule has 0 saturated heterocycles. The first-order chi connectivity index (χ1) is 11.8. The van der Waals surface area contributed by atoms with Gasteiger partial charge in [-0.1, -0.05) is 29.3 Å². The minimum Gasteiger partial charge on any atom is -0.465 e. The fourth-order valence-corrected chi connectivity index (χ4v) is 4.32. The molecule has 1 atom stereocenters. The van der Waals surface area contributed by atoms with Gasteiger partial charge in [0.1, 0.15) is 0 Å². The van der Waals surface area contributed by atoms with Gasteiger partial charge in [-0.3, -0.25) is 0 Å². The van der Waals surface area contributed by atoms with E-state index in [9.17, 15) is 4.79 Å². The maximum Gasteiger partial charge on any atom is 0.338 e. The minimum absolute atomic E-state index is 0.223. The van der Waals surface area contributed by atoms with Crippen molar-refractivity contribution in [3.8, 4) is 0 Å². The van der Waals surface area contributed by atoms with Crippen molar-refractivity contribution in [3.63, 3.8) is 0 Å². The maximum atomic E-state index is 11.7. The van der Waals surface area contributed by atoms with E-state index >= 15 is 0 Å². The third-order valence-corrected chi connectivity index (χ3v) is 5.83. The van der Waals surface area contributed by atoms with E-state index in [0.29, 0.717) is 15.6 Å². The molecule has 3 nitrogen and oxygen atoms in total. The summed E-state index contributed by atoms with van der Waals surface area (Å²) in [7, 11) is 1.38. The molecule has 1 aliphatic rings. The minimum atomic E-state index is -0.329. The molecule has 25 heavy (non-hydrogen) atoms. The van der Waals surface area contributed by atoms with Gasteiger partial charge in [0.15, 0.2) is 0 Å². The van der Waals surface area contributed by atoms with Gasteiger partial charge in [-0.25, -0.2) is 9.19 Å². The Morgan fingerprint density at radius 2 is 1.88 bits per heavy atom. The normalized spacial score (nSPS) is 19.6. The molecule has 3 rings (SSSR count). The van der Waals surface area contributed by atoms with Crippen LogP contribution in [0.5, 0.6) is 0 Å². The van der Waals surface area contributed by atoms with Crippen LogP contribution in [0.15, 0.2) is 40.8 Å². The number of carbonyl (C=O) groups excluding carboxylic acids is 1. The van der Waals surface area contributed by atoms with Crippen LogP contribution in [0.3, 0.4) is 0 Å². The zero-order valence-electron chi connectivity index (χ0n) is 14.1. The lowest BCUT2D eigenvalue weighted by Gasteiger charge is -2.22. The van der Waals surface area contributed by atoms with Gasteiger partial charge in [-0.05, 0) is 72.8 Å². The zero-order valence-corrected chi connectivity index (χ0v) is 16.4. The second kappa shape index (κ2) is 7.02. The third-order valence-electron chi connectivity index (χ3n) is 4.30. The first-order valence-electron chi connectivity index (χ1n) is 7.73. The van der Waals surface area contributed by atoms with Crippen LogP contribution in [0.4, 0.5) is 0 Å². The number of carbonyl (C=O) groups is 1. The van der Waals surface area contributed by atoms with E-state index in [4.69, 9.17) is 27.9 Å². The largest absolute Gasteiger partial charge is 0.465 e. The Labute approximate surface area is 161 Å². The van der Waals surface area contributed by atoms with Gasteiger partial charge in [0.25, 0.3) is 0 Å². The van der Waals surface area contributed by atoms with Crippen molar-refractivity contribution in [2.75, 3.05) is 7.11 Å². The Kier molecular flexibility index (Phi) is 5.14. The number of aryl methyl sites for hydroxylation is 1. The molecule has 0 amide bonds. The molecule has 1 heterocycles. The van der Waals surface area contributed by atoms with Crippen molar-refractivity contribution in [2.24, 2.45) is 4.40 Å². The highest BCUT2D eigenvalue weighted by molar-refractivity contribution is 7.99. The van der Waals surface area contributed by atoms with Gasteiger partial charge in [0.2, 0.25) is 0 Å². The molecule has 0 bridgehead atoms. The molecular weight excluding hydrogens is 377 g/mol. The van der Waals surface area contributed by atoms with E-state index < -0.39 is 0 Å². The molecule has 6 heteroatoms. The summed E-state index contributed by atoms with van der Waals surface area (Å²) in [5.74, 6) is -0.329. The van der Waals surface area contributed by atoms with Crippen molar-refractivity contribution in [2.45, 2.75) is 25.0 Å². The third kappa shape index (κ3) is 3.71. The summed E-state index contributed by atoms with van der Waals surface area (Å²) in [5, 5.41) is 1.24. The number of halogens is 2. The molecule has 0 aromatic heterocycles. The van der Waals surface area contributed by atoms with Crippen LogP contribution in [0.25, 0.3) is 0 Å². The van der Waals surface area contributed by atoms with Gasteiger partial charge >= 0.3 is 5.97 Å². The molecule has 0 spiro atoms. The number of benzene rings is 2. The molecule has 0 fully saturated rings. The van der Waals surface area contributed by atoms with Gasteiger partial charge < -0.3 is 4.74 Å². The van der Waals surface area contributed by atoms with E-state index in [2.05, 4.69) is 11.3 Å². The summed E-state index contributed by atoms with van der Waals surface area (Å²) in [6.07, 6.45) is 0.755. The second-order valence-corrected chi connectivity index (χ2v) is 8.36. The van der Waals surface area contributed by atoms with E-state index in [1.165, 1.54) is 19.1 Å². The number of hydrogen-bond donors (Lipinski definition) is 0. The summed E-state index contributed by atoms with van der Waals surface area (Å²) in [6, 6.07) is 11.3. The van der Waals surface area contributed by atoms with Crippen LogP contribution in [0.1, 0.15) is 40.4 Å². The highest BCUT2D eigenvalue weighted by atomic mass is 35.5. The lowest BCUT2D eigenvalue weighted by Crippen LogP contribution is -2.17. The monoisotopic (exact) mass is 393 g/mol. The smallest absolute Gasteiger partial charge is 0.338 e. The van der Waals surface area contributed by atoms with Gasteiger partial charge in [-0.15, -0.1) is 0 Å². The lowest BCUT2D eigenvalue weighted by atomic mass is 9.91. The first-order valence-corrected chi connectivity index (χ1v) is 9.26. The van der Waals surface area contributed by atoms with Crippen LogP contribution < -0.4 is 0 Å². The van der Waals surface area contributed by atoms with E-state index in [-0.39, 0.29) is 10.7 Å². The molecule has 130 valence electrons. The predicted molar refractivity (Wildman–Crippen MR) is 105 cm³/mol. The quantitative estimate of drug-likeness (QED) is 0.485. The molecule has 2 aromatic carbocycles. The number of hydrogen-bond acceptors (Lipinski definition) is 4. The summed E-state index contributed by atoms with van der Waals surface area (Å²) < 4.78 is 9.24. The molecular formula is C19H17Cl2NO2S. The van der Waals surface area contributed by atoms with E-state index in [0.717, 1.165) is 28.8 Å². The molecule has 0 radical (unpaired) electrons. The van der Waals surface area contributed by atoms with Crippen molar-refractivity contribution < 1.29 is 9.53 Å². The highest BCUT2D eigenvalue weighted by Crippen LogP contribution is 2.47. The average molecular weight is 394 g/mol. The fourth-order valence-electron chi connectivity index (χ4n) is 2.89. The molecule has 1 unspecified atom stereocenters. The average Bonchev–Trinajstić information content (AvgIpc) is 2.97. The predicted octanol–water partition coefficient (Wildman–Crippen LogP) is 5.84. The zero-order chi connectivity index (χ0) is 18.2. The molecule has 0 N–H and O–H groups in total. The highest BCUT2D eigenvalue weighted by Gasteiger charge is 2.35. The van der Waals surface area contributed by atoms with Crippen LogP contribution in [-0.2, 0) is 9.48 Å². The van der Waals surface area contributed by atoms with Crippen LogP contribution >= 0.6 is 35.1 Å². The Morgan fingerprint density at radius 3 is 2.48 bits per heavy atom. The van der Waals surface area contributed by atoms with E-state index in [1.54, 1.807) is 12.1 Å². The first kappa shape index (κ1) is 18.3. The van der Waals surface area contributed by atoms with Crippen molar-refractivity contribution in [1.29, 1.82) is 0 Å². The molecule has 0 aliphatic carbocycles. The van der Waals surface area contributed by atoms with E-state index in [1.807, 2.05) is 31.2 Å². The standard InChI is InChI=1S/C19H17Cl2NO2S/c1-11-6-12(4-5-16(11)18(23)24-3)17-10-19(2,25-22-17)13-7-14(20)9-15(21)8-13/h4-9H,10H2,1-3H3. The topological polar surface area (TPSA) is 38.7 Å². The van der Waals surface area contributed by atoms with Crippen LogP contribution in [-0.4, -0.2) is 18.8 Å². The number of esters is 1. The Bertz CT molecular complexity index is 861. The fraction of sp³-hybridized carbons (Fsp3) is 0.263. The number of rotatable bonds is 3. The lowest BCUT2D eigenvalue weighted by molar-refractivity contribution is 0.0600. The van der Waals surface area contributed by atoms with Crippen molar-refractivity contribution in [1.82, 2.24) is 0 Å². The molecule has 1 aliphatic heterocycles. The summed E-state index contributed by atoms with van der Waals surface area (Å²) in [6.45, 7) is 4.03. The number of ether oxygens (including phenoxy) is 1. The summed E-state index contributed by atoms with van der Waals surface area (Å²) >= 11 is 13.8. The van der Waals surface area contributed by atoms with Crippen LogP contribution in [0, 0.1) is 6.92 Å². The van der Waals surface area contributed by atoms with Gasteiger partial charge in [-0.2, -0.15) is 0 Å². The van der Waals surface area contributed by atoms with Gasteiger partial charge in [0, 0.05) is 16.5 Å². The summed E-state index contributed by atoms with van der Waals surface area (Å²) in [4.78, 5) is 11.7. The van der Waals surface area contributed by atoms with Crippen molar-refractivity contribution >= 4 is 46.8 Å². The Balaban J connectivity index is 1.87. The Hall–Kier alpha value is -1.49. The SMILES string of the molecule is COC(=O)c1ccc(C2=NSC(C)(c3cc(Cl)cc(Cl)c3)C2)cc1C. The number of methoxy groups -OCH3 is 1. The summed E-state index contributed by atoms with van der Waals surface area (Å²) in [5.41, 5.74) is 4.49. The van der Waals surface area contributed by atoms with Gasteiger partial charge in [0.05, 0.1) is 23.1 Å².